The standard InChI is InChI=1S/C14H16ClNO2/c1-2-3-12(10-17)8-14(18)16-9-11-4-6-13(15)7-5-11/h2,4-7,10,12H,1,3,8-9H2,(H,16,18). The first-order chi connectivity index (χ1) is 8.65. The van der Waals surface area contributed by atoms with Gasteiger partial charge in [-0.2, -0.15) is 0 Å². The van der Waals surface area contributed by atoms with E-state index in [0.29, 0.717) is 18.0 Å². The highest BCUT2D eigenvalue weighted by Gasteiger charge is 2.11. The molecule has 0 spiro atoms. The van der Waals surface area contributed by atoms with Crippen molar-refractivity contribution in [1.82, 2.24) is 5.32 Å². The third-order valence-electron chi connectivity index (χ3n) is 2.51. The zero-order valence-electron chi connectivity index (χ0n) is 10.1. The Hall–Kier alpha value is -1.61. The molecular formula is C14H16ClNO2. The predicted molar refractivity (Wildman–Crippen MR) is 72.3 cm³/mol. The maximum atomic E-state index is 11.6. The van der Waals surface area contributed by atoms with Gasteiger partial charge in [-0.1, -0.05) is 29.8 Å². The van der Waals surface area contributed by atoms with E-state index in [2.05, 4.69) is 11.9 Å². The van der Waals surface area contributed by atoms with E-state index in [-0.39, 0.29) is 18.2 Å². The molecule has 1 N–H and O–H groups in total. The van der Waals surface area contributed by atoms with Gasteiger partial charge >= 0.3 is 0 Å². The van der Waals surface area contributed by atoms with Gasteiger partial charge in [-0.3, -0.25) is 4.79 Å². The minimum absolute atomic E-state index is 0.135. The number of aldehydes is 1. The molecule has 0 aliphatic rings. The Labute approximate surface area is 112 Å². The average molecular weight is 266 g/mol. The van der Waals surface area contributed by atoms with Crippen molar-refractivity contribution in [2.24, 2.45) is 5.92 Å². The molecule has 0 saturated carbocycles. The summed E-state index contributed by atoms with van der Waals surface area (Å²) in [5, 5.41) is 3.43. The van der Waals surface area contributed by atoms with Gasteiger partial charge in [0, 0.05) is 23.9 Å². The molecule has 1 atom stereocenters. The smallest absolute Gasteiger partial charge is 0.220 e. The van der Waals surface area contributed by atoms with Crippen molar-refractivity contribution in [2.75, 3.05) is 0 Å². The van der Waals surface area contributed by atoms with Crippen molar-refractivity contribution in [3.63, 3.8) is 0 Å². The molecule has 18 heavy (non-hydrogen) atoms. The Morgan fingerprint density at radius 1 is 1.39 bits per heavy atom. The number of rotatable bonds is 7. The fourth-order valence-electron chi connectivity index (χ4n) is 1.51. The molecular weight excluding hydrogens is 250 g/mol. The Morgan fingerprint density at radius 3 is 2.61 bits per heavy atom. The van der Waals surface area contributed by atoms with Crippen LogP contribution in [0.15, 0.2) is 36.9 Å². The van der Waals surface area contributed by atoms with Gasteiger partial charge in [-0.15, -0.1) is 6.58 Å². The van der Waals surface area contributed by atoms with E-state index in [0.717, 1.165) is 11.8 Å². The monoisotopic (exact) mass is 265 g/mol. The first kappa shape index (κ1) is 14.5. The molecule has 0 heterocycles. The van der Waals surface area contributed by atoms with Gasteiger partial charge in [-0.25, -0.2) is 0 Å². The van der Waals surface area contributed by atoms with Gasteiger partial charge in [0.25, 0.3) is 0 Å². The minimum Gasteiger partial charge on any atom is -0.352 e. The Bertz CT molecular complexity index is 414. The summed E-state index contributed by atoms with van der Waals surface area (Å²) in [6, 6.07) is 7.25. The van der Waals surface area contributed by atoms with E-state index < -0.39 is 0 Å². The lowest BCUT2D eigenvalue weighted by Gasteiger charge is -2.08. The molecule has 4 heteroatoms. The topological polar surface area (TPSA) is 46.2 Å². The molecule has 0 radical (unpaired) electrons. The third kappa shape index (κ3) is 5.15. The van der Waals surface area contributed by atoms with E-state index in [1.54, 1.807) is 18.2 Å². The number of carbonyl (C=O) groups excluding carboxylic acids is 2. The Balaban J connectivity index is 2.38. The van der Waals surface area contributed by atoms with Gasteiger partial charge in [0.05, 0.1) is 0 Å². The van der Waals surface area contributed by atoms with Gasteiger partial charge in [0.1, 0.15) is 6.29 Å². The van der Waals surface area contributed by atoms with Crippen LogP contribution in [0.5, 0.6) is 0 Å². The minimum atomic E-state index is -0.285. The summed E-state index contributed by atoms with van der Waals surface area (Å²) in [6.07, 6.45) is 3.16. The number of carbonyl (C=O) groups is 2. The van der Waals surface area contributed by atoms with Gasteiger partial charge < -0.3 is 10.1 Å². The largest absolute Gasteiger partial charge is 0.352 e. The molecule has 0 aromatic heterocycles. The molecule has 0 aliphatic heterocycles. The summed E-state index contributed by atoms with van der Waals surface area (Å²) in [5.41, 5.74) is 0.971. The second kappa shape index (κ2) is 7.67. The van der Waals surface area contributed by atoms with Crippen LogP contribution in [-0.2, 0) is 16.1 Å². The quantitative estimate of drug-likeness (QED) is 0.609. The summed E-state index contributed by atoms with van der Waals surface area (Å²) < 4.78 is 0. The molecule has 1 aromatic rings. The number of benzene rings is 1. The number of hydrogen-bond donors (Lipinski definition) is 1. The molecule has 3 nitrogen and oxygen atoms in total. The van der Waals surface area contributed by atoms with Crippen LogP contribution >= 0.6 is 11.6 Å². The van der Waals surface area contributed by atoms with Gasteiger partial charge in [-0.05, 0) is 24.1 Å². The van der Waals surface area contributed by atoms with Crippen molar-refractivity contribution in [2.45, 2.75) is 19.4 Å². The van der Waals surface area contributed by atoms with Crippen LogP contribution < -0.4 is 5.32 Å². The number of amides is 1. The highest BCUT2D eigenvalue weighted by molar-refractivity contribution is 6.30. The zero-order chi connectivity index (χ0) is 13.4. The van der Waals surface area contributed by atoms with E-state index in [1.165, 1.54) is 0 Å². The fourth-order valence-corrected chi connectivity index (χ4v) is 1.64. The predicted octanol–water partition coefficient (Wildman–Crippen LogP) is 2.74. The van der Waals surface area contributed by atoms with Crippen LogP contribution in [0.4, 0.5) is 0 Å². The molecule has 0 bridgehead atoms. The van der Waals surface area contributed by atoms with Crippen LogP contribution in [-0.4, -0.2) is 12.2 Å². The Morgan fingerprint density at radius 2 is 2.06 bits per heavy atom. The highest BCUT2D eigenvalue weighted by atomic mass is 35.5. The van der Waals surface area contributed by atoms with E-state index >= 15 is 0 Å². The highest BCUT2D eigenvalue weighted by Crippen LogP contribution is 2.10. The maximum Gasteiger partial charge on any atom is 0.220 e. The van der Waals surface area contributed by atoms with E-state index in [1.807, 2.05) is 12.1 Å². The molecule has 0 fully saturated rings. The Kier molecular flexibility index (Phi) is 6.15. The van der Waals surface area contributed by atoms with Crippen LogP contribution in [0, 0.1) is 5.92 Å². The van der Waals surface area contributed by atoms with Gasteiger partial charge in [0.15, 0.2) is 0 Å². The normalized spacial score (nSPS) is 11.6. The number of allylic oxidation sites excluding steroid dienone is 1. The molecule has 1 amide bonds. The van der Waals surface area contributed by atoms with Crippen LogP contribution in [0.3, 0.4) is 0 Å². The van der Waals surface area contributed by atoms with Crippen molar-refractivity contribution < 1.29 is 9.59 Å². The zero-order valence-corrected chi connectivity index (χ0v) is 10.8. The lowest BCUT2D eigenvalue weighted by atomic mass is 10.0. The molecule has 96 valence electrons. The molecule has 1 unspecified atom stereocenters. The molecule has 1 aromatic carbocycles. The first-order valence-corrected chi connectivity index (χ1v) is 6.11. The van der Waals surface area contributed by atoms with Crippen LogP contribution in [0.2, 0.25) is 5.02 Å². The second-order valence-electron chi connectivity index (χ2n) is 4.03. The maximum absolute atomic E-state index is 11.6. The van der Waals surface area contributed by atoms with Gasteiger partial charge in [0.2, 0.25) is 5.91 Å². The lowest BCUT2D eigenvalue weighted by Crippen LogP contribution is -2.25. The summed E-state index contributed by atoms with van der Waals surface area (Å²) in [4.78, 5) is 22.3. The number of nitrogens with one attached hydrogen (secondary N) is 1. The van der Waals surface area contributed by atoms with Crippen molar-refractivity contribution in [3.8, 4) is 0 Å². The van der Waals surface area contributed by atoms with Crippen molar-refractivity contribution >= 4 is 23.8 Å². The molecule has 1 rings (SSSR count). The van der Waals surface area contributed by atoms with Crippen LogP contribution in [0.25, 0.3) is 0 Å². The summed E-state index contributed by atoms with van der Waals surface area (Å²) in [5.74, 6) is -0.420. The third-order valence-corrected chi connectivity index (χ3v) is 2.76. The van der Waals surface area contributed by atoms with Crippen molar-refractivity contribution in [3.05, 3.63) is 47.5 Å². The molecule has 0 aliphatic carbocycles. The SMILES string of the molecule is C=CCC(C=O)CC(=O)NCc1ccc(Cl)cc1. The van der Waals surface area contributed by atoms with E-state index in [9.17, 15) is 9.59 Å². The number of hydrogen-bond acceptors (Lipinski definition) is 2. The van der Waals surface area contributed by atoms with E-state index in [4.69, 9.17) is 11.6 Å². The fraction of sp³-hybridized carbons (Fsp3) is 0.286. The lowest BCUT2D eigenvalue weighted by molar-refractivity contribution is -0.124. The average Bonchev–Trinajstić information content (AvgIpc) is 2.37. The summed E-state index contributed by atoms with van der Waals surface area (Å²) in [7, 11) is 0. The van der Waals surface area contributed by atoms with Crippen LogP contribution in [0.1, 0.15) is 18.4 Å². The first-order valence-electron chi connectivity index (χ1n) is 5.73. The number of halogens is 1. The van der Waals surface area contributed by atoms with Crippen molar-refractivity contribution in [1.29, 1.82) is 0 Å². The second-order valence-corrected chi connectivity index (χ2v) is 4.46. The summed E-state index contributed by atoms with van der Waals surface area (Å²) >= 11 is 5.76. The summed E-state index contributed by atoms with van der Waals surface area (Å²) in [6.45, 7) is 3.99. The molecule has 0 saturated heterocycles.